The second-order valence-electron chi connectivity index (χ2n) is 3.67. The highest BCUT2D eigenvalue weighted by Gasteiger charge is 2.42. The molecule has 0 radical (unpaired) electrons. The predicted octanol–water partition coefficient (Wildman–Crippen LogP) is 2.27. The molecule has 88 valence electrons. The molecule has 0 saturated carbocycles. The van der Waals surface area contributed by atoms with Gasteiger partial charge in [0, 0.05) is 6.66 Å². The van der Waals surface area contributed by atoms with Gasteiger partial charge in [0.05, 0.1) is 38.4 Å². The Hall–Kier alpha value is 0.660. The molecule has 2 aliphatic heterocycles. The molecule has 0 bridgehead atoms. The third-order valence-electron chi connectivity index (χ3n) is 2.29. The second kappa shape index (κ2) is 5.33. The zero-order valence-corrected chi connectivity index (χ0v) is 10.8. The van der Waals surface area contributed by atoms with Crippen molar-refractivity contribution in [1.29, 1.82) is 0 Å². The maximum atomic E-state index is 5.52. The molecule has 5 nitrogen and oxygen atoms in total. The van der Waals surface area contributed by atoms with Crippen LogP contribution in [0.5, 0.6) is 0 Å². The van der Waals surface area contributed by atoms with Gasteiger partial charge in [-0.1, -0.05) is 0 Å². The van der Waals surface area contributed by atoms with E-state index < -0.39 is 17.0 Å². The standard InChI is InChI=1S/C8H16O5P2/c1-3-9-15-12-6-8(7-13-15)4-10-14(2)11-5-8/h3-7H2,1-2H3. The van der Waals surface area contributed by atoms with Crippen LogP contribution in [-0.4, -0.2) is 39.7 Å². The third kappa shape index (κ3) is 3.07. The molecule has 2 rings (SSSR count). The van der Waals surface area contributed by atoms with Gasteiger partial charge in [-0.25, -0.2) is 0 Å². The summed E-state index contributed by atoms with van der Waals surface area (Å²) in [5.74, 6) is 0. The lowest BCUT2D eigenvalue weighted by Crippen LogP contribution is -2.44. The predicted molar refractivity (Wildman–Crippen MR) is 57.6 cm³/mol. The van der Waals surface area contributed by atoms with Crippen molar-refractivity contribution in [2.24, 2.45) is 5.41 Å². The Bertz CT molecular complexity index is 197. The van der Waals surface area contributed by atoms with E-state index in [0.29, 0.717) is 33.0 Å². The van der Waals surface area contributed by atoms with Crippen molar-refractivity contribution in [3.63, 3.8) is 0 Å². The number of rotatable bonds is 2. The van der Waals surface area contributed by atoms with Gasteiger partial charge in [0.2, 0.25) is 0 Å². The molecule has 1 spiro atoms. The molecule has 0 amide bonds. The molecule has 0 atom stereocenters. The summed E-state index contributed by atoms with van der Waals surface area (Å²) in [6.07, 6.45) is 0. The lowest BCUT2D eigenvalue weighted by atomic mass is 9.93. The van der Waals surface area contributed by atoms with E-state index in [1.165, 1.54) is 0 Å². The van der Waals surface area contributed by atoms with Gasteiger partial charge >= 0.3 is 8.60 Å². The molecule has 15 heavy (non-hydrogen) atoms. The van der Waals surface area contributed by atoms with Crippen LogP contribution in [0.15, 0.2) is 0 Å². The molecular weight excluding hydrogens is 238 g/mol. The summed E-state index contributed by atoms with van der Waals surface area (Å²) in [6.45, 7) is 7.01. The lowest BCUT2D eigenvalue weighted by Gasteiger charge is -2.41. The van der Waals surface area contributed by atoms with Gasteiger partial charge < -0.3 is 22.6 Å². The van der Waals surface area contributed by atoms with E-state index >= 15 is 0 Å². The highest BCUT2D eigenvalue weighted by atomic mass is 31.2. The highest BCUT2D eigenvalue weighted by molar-refractivity contribution is 7.46. The summed E-state index contributed by atoms with van der Waals surface area (Å²) >= 11 is 0. The summed E-state index contributed by atoms with van der Waals surface area (Å²) in [7, 11) is -1.84. The molecule has 0 aromatic heterocycles. The quantitative estimate of drug-likeness (QED) is 0.707. The zero-order valence-electron chi connectivity index (χ0n) is 8.97. The van der Waals surface area contributed by atoms with Crippen molar-refractivity contribution >= 4 is 17.0 Å². The van der Waals surface area contributed by atoms with Crippen molar-refractivity contribution < 1.29 is 22.6 Å². The smallest absolute Gasteiger partial charge is 0.332 e. The van der Waals surface area contributed by atoms with E-state index in [9.17, 15) is 0 Å². The number of hydrogen-bond acceptors (Lipinski definition) is 5. The Balaban J connectivity index is 1.81. The van der Waals surface area contributed by atoms with Crippen LogP contribution in [0.25, 0.3) is 0 Å². The van der Waals surface area contributed by atoms with E-state index in [4.69, 9.17) is 22.6 Å². The maximum absolute atomic E-state index is 5.52. The SMILES string of the molecule is CCOP1OCC2(COP(C)OC2)CO1. The summed E-state index contributed by atoms with van der Waals surface area (Å²) in [4.78, 5) is 0. The molecule has 2 fully saturated rings. The van der Waals surface area contributed by atoms with Crippen LogP contribution in [-0.2, 0) is 22.6 Å². The van der Waals surface area contributed by atoms with Crippen molar-refractivity contribution in [3.8, 4) is 0 Å². The minimum absolute atomic E-state index is 0.120. The fourth-order valence-corrected chi connectivity index (χ4v) is 3.52. The summed E-state index contributed by atoms with van der Waals surface area (Å²) < 4.78 is 27.3. The van der Waals surface area contributed by atoms with Gasteiger partial charge in [-0.2, -0.15) is 0 Å². The normalized spacial score (nSPS) is 42.0. The van der Waals surface area contributed by atoms with E-state index in [1.54, 1.807) is 0 Å². The number of hydrogen-bond donors (Lipinski definition) is 0. The van der Waals surface area contributed by atoms with Crippen LogP contribution >= 0.6 is 17.0 Å². The average Bonchev–Trinajstić information content (AvgIpc) is 2.27. The van der Waals surface area contributed by atoms with Crippen LogP contribution in [0.4, 0.5) is 0 Å². The molecule has 2 aliphatic rings. The van der Waals surface area contributed by atoms with Gasteiger partial charge in [-0.05, 0) is 6.92 Å². The molecule has 0 unspecified atom stereocenters. The fraction of sp³-hybridized carbons (Fsp3) is 1.00. The first-order chi connectivity index (χ1) is 7.24. The van der Waals surface area contributed by atoms with E-state index in [-0.39, 0.29) is 5.41 Å². The second-order valence-corrected chi connectivity index (χ2v) is 6.29. The van der Waals surface area contributed by atoms with Gasteiger partial charge in [0.15, 0.2) is 8.38 Å². The molecule has 0 N–H and O–H groups in total. The first kappa shape index (κ1) is 12.1. The lowest BCUT2D eigenvalue weighted by molar-refractivity contribution is -0.0644. The van der Waals surface area contributed by atoms with Crippen LogP contribution < -0.4 is 0 Å². The Morgan fingerprint density at radius 3 is 2.13 bits per heavy atom. The summed E-state index contributed by atoms with van der Waals surface area (Å²) in [5, 5.41) is 0. The van der Waals surface area contributed by atoms with Crippen molar-refractivity contribution in [1.82, 2.24) is 0 Å². The molecular formula is C8H16O5P2. The van der Waals surface area contributed by atoms with E-state index in [0.717, 1.165) is 0 Å². The molecule has 0 aliphatic carbocycles. The molecule has 7 heteroatoms. The van der Waals surface area contributed by atoms with Crippen molar-refractivity contribution in [3.05, 3.63) is 0 Å². The first-order valence-electron chi connectivity index (χ1n) is 4.92. The Morgan fingerprint density at radius 2 is 1.60 bits per heavy atom. The molecule has 0 aromatic carbocycles. The Labute approximate surface area is 92.3 Å². The third-order valence-corrected chi connectivity index (χ3v) is 4.43. The topological polar surface area (TPSA) is 46.2 Å². The van der Waals surface area contributed by atoms with Crippen LogP contribution in [0.3, 0.4) is 0 Å². The van der Waals surface area contributed by atoms with Crippen LogP contribution in [0, 0.1) is 5.41 Å². The zero-order chi connectivity index (χ0) is 10.7. The van der Waals surface area contributed by atoms with E-state index in [1.807, 2.05) is 13.6 Å². The summed E-state index contributed by atoms with van der Waals surface area (Å²) in [5.41, 5.74) is -0.120. The van der Waals surface area contributed by atoms with Gasteiger partial charge in [0.1, 0.15) is 0 Å². The van der Waals surface area contributed by atoms with Crippen LogP contribution in [0.2, 0.25) is 0 Å². The minimum Gasteiger partial charge on any atom is -0.333 e. The monoisotopic (exact) mass is 254 g/mol. The molecule has 0 aromatic rings. The van der Waals surface area contributed by atoms with Crippen LogP contribution in [0.1, 0.15) is 6.92 Å². The maximum Gasteiger partial charge on any atom is 0.332 e. The van der Waals surface area contributed by atoms with Crippen molar-refractivity contribution in [2.75, 3.05) is 39.7 Å². The van der Waals surface area contributed by atoms with E-state index in [2.05, 4.69) is 0 Å². The Morgan fingerprint density at radius 1 is 1.07 bits per heavy atom. The van der Waals surface area contributed by atoms with Crippen molar-refractivity contribution in [2.45, 2.75) is 6.92 Å². The van der Waals surface area contributed by atoms with Gasteiger partial charge in [-0.3, -0.25) is 0 Å². The largest absolute Gasteiger partial charge is 0.333 e. The molecule has 2 heterocycles. The average molecular weight is 254 g/mol. The highest BCUT2D eigenvalue weighted by Crippen LogP contribution is 2.51. The first-order valence-corrected chi connectivity index (χ1v) is 7.64. The summed E-state index contributed by atoms with van der Waals surface area (Å²) in [6, 6.07) is 0. The van der Waals surface area contributed by atoms with Gasteiger partial charge in [-0.15, -0.1) is 0 Å². The minimum atomic E-state index is -1.14. The fourth-order valence-electron chi connectivity index (χ4n) is 1.34. The Kier molecular flexibility index (Phi) is 4.31. The molecule has 2 saturated heterocycles. The van der Waals surface area contributed by atoms with Gasteiger partial charge in [0.25, 0.3) is 0 Å².